The van der Waals surface area contributed by atoms with E-state index in [4.69, 9.17) is 5.73 Å². The van der Waals surface area contributed by atoms with Crippen molar-refractivity contribution in [1.82, 2.24) is 9.29 Å². The molecule has 0 radical (unpaired) electrons. The Bertz CT molecular complexity index is 529. The number of hydrogen-bond donors (Lipinski definition) is 2. The monoisotopic (exact) mass is 348 g/mol. The Morgan fingerprint density at radius 3 is 2.74 bits per heavy atom. The minimum absolute atomic E-state index is 0.430. The Morgan fingerprint density at radius 2 is 2.16 bits per heavy atom. The highest BCUT2D eigenvalue weighted by Crippen LogP contribution is 2.24. The van der Waals surface area contributed by atoms with Crippen molar-refractivity contribution in [2.24, 2.45) is 11.7 Å². The summed E-state index contributed by atoms with van der Waals surface area (Å²) in [6.07, 6.45) is 4.73. The van der Waals surface area contributed by atoms with Crippen LogP contribution in [0.15, 0.2) is 22.9 Å². The molecule has 1 saturated heterocycles. The standard InChI is InChI=1S/C11H17BrN4O2S/c12-10-8-14-4-1-11(10)15-19(17,18)16-5-2-9(7-13)3-6-16/h1,4,8-9H,2-3,5-7,13H2,(H,14,15). The number of anilines is 1. The molecule has 19 heavy (non-hydrogen) atoms. The van der Waals surface area contributed by atoms with Crippen LogP contribution in [0.4, 0.5) is 5.69 Å². The fourth-order valence-corrected chi connectivity index (χ4v) is 3.80. The highest BCUT2D eigenvalue weighted by molar-refractivity contribution is 9.10. The second kappa shape index (κ2) is 6.17. The SMILES string of the molecule is NCC1CCN(S(=O)(=O)Nc2ccncc2Br)CC1. The summed E-state index contributed by atoms with van der Waals surface area (Å²) in [6, 6.07) is 1.62. The van der Waals surface area contributed by atoms with Crippen LogP contribution in [-0.4, -0.2) is 37.3 Å². The third-order valence-corrected chi connectivity index (χ3v) is 5.41. The van der Waals surface area contributed by atoms with E-state index in [1.807, 2.05) is 0 Å². The number of nitrogens with one attached hydrogen (secondary N) is 1. The normalized spacial score (nSPS) is 18.4. The van der Waals surface area contributed by atoms with Gasteiger partial charge in [0, 0.05) is 25.5 Å². The van der Waals surface area contributed by atoms with Crippen molar-refractivity contribution in [2.45, 2.75) is 12.8 Å². The second-order valence-corrected chi connectivity index (χ2v) is 7.07. The lowest BCUT2D eigenvalue weighted by molar-refractivity contribution is 0.280. The summed E-state index contributed by atoms with van der Waals surface area (Å²) in [6.45, 7) is 1.65. The van der Waals surface area contributed by atoms with E-state index in [1.165, 1.54) is 4.31 Å². The molecule has 3 N–H and O–H groups in total. The fraction of sp³-hybridized carbons (Fsp3) is 0.545. The summed E-state index contributed by atoms with van der Waals surface area (Å²) in [5.74, 6) is 0.430. The van der Waals surface area contributed by atoms with Gasteiger partial charge in [0.25, 0.3) is 0 Å². The molecule has 1 aromatic heterocycles. The zero-order valence-electron chi connectivity index (χ0n) is 10.4. The van der Waals surface area contributed by atoms with Gasteiger partial charge in [0.15, 0.2) is 0 Å². The van der Waals surface area contributed by atoms with Gasteiger partial charge in [0.1, 0.15) is 0 Å². The number of pyridine rings is 1. The second-order valence-electron chi connectivity index (χ2n) is 4.54. The highest BCUT2D eigenvalue weighted by Gasteiger charge is 2.27. The van der Waals surface area contributed by atoms with Crippen molar-refractivity contribution >= 4 is 31.8 Å². The molecule has 0 aromatic carbocycles. The lowest BCUT2D eigenvalue weighted by atomic mass is 9.99. The van der Waals surface area contributed by atoms with Crippen molar-refractivity contribution in [1.29, 1.82) is 0 Å². The van der Waals surface area contributed by atoms with Gasteiger partial charge in [-0.2, -0.15) is 12.7 Å². The summed E-state index contributed by atoms with van der Waals surface area (Å²) in [5.41, 5.74) is 6.10. The van der Waals surface area contributed by atoms with E-state index >= 15 is 0 Å². The van der Waals surface area contributed by atoms with E-state index in [0.29, 0.717) is 35.7 Å². The average Bonchev–Trinajstić information content (AvgIpc) is 2.41. The number of nitrogens with zero attached hydrogens (tertiary/aromatic N) is 2. The summed E-state index contributed by atoms with van der Waals surface area (Å²) in [4.78, 5) is 3.90. The number of hydrogen-bond acceptors (Lipinski definition) is 4. The van der Waals surface area contributed by atoms with Crippen LogP contribution >= 0.6 is 15.9 Å². The number of piperidine rings is 1. The smallest absolute Gasteiger partial charge is 0.301 e. The number of nitrogens with two attached hydrogens (primary N) is 1. The molecule has 106 valence electrons. The minimum Gasteiger partial charge on any atom is -0.330 e. The molecule has 0 bridgehead atoms. The first-order valence-electron chi connectivity index (χ1n) is 6.10. The average molecular weight is 349 g/mol. The predicted molar refractivity (Wildman–Crippen MR) is 77.8 cm³/mol. The van der Waals surface area contributed by atoms with Crippen molar-refractivity contribution in [3.8, 4) is 0 Å². The molecule has 1 aromatic rings. The van der Waals surface area contributed by atoms with Gasteiger partial charge in [-0.3, -0.25) is 9.71 Å². The topological polar surface area (TPSA) is 88.3 Å². The lowest BCUT2D eigenvalue weighted by Crippen LogP contribution is -2.42. The molecule has 8 heteroatoms. The van der Waals surface area contributed by atoms with Crippen molar-refractivity contribution in [3.63, 3.8) is 0 Å². The van der Waals surface area contributed by atoms with Gasteiger partial charge < -0.3 is 5.73 Å². The maximum Gasteiger partial charge on any atom is 0.301 e. The molecule has 0 saturated carbocycles. The Hall–Kier alpha value is -0.700. The van der Waals surface area contributed by atoms with E-state index < -0.39 is 10.2 Å². The molecule has 0 spiro atoms. The van der Waals surface area contributed by atoms with Crippen LogP contribution in [0.5, 0.6) is 0 Å². The van der Waals surface area contributed by atoms with Crippen LogP contribution in [0.1, 0.15) is 12.8 Å². The van der Waals surface area contributed by atoms with Crippen LogP contribution in [-0.2, 0) is 10.2 Å². The van der Waals surface area contributed by atoms with Crippen LogP contribution < -0.4 is 10.5 Å². The maximum atomic E-state index is 12.2. The molecule has 0 aliphatic carbocycles. The molecule has 1 aliphatic heterocycles. The van der Waals surface area contributed by atoms with Gasteiger partial charge in [0.2, 0.25) is 0 Å². The van der Waals surface area contributed by atoms with Gasteiger partial charge in [-0.25, -0.2) is 0 Å². The fourth-order valence-electron chi connectivity index (χ4n) is 2.05. The van der Waals surface area contributed by atoms with E-state index in [1.54, 1.807) is 18.5 Å². The largest absolute Gasteiger partial charge is 0.330 e. The van der Waals surface area contributed by atoms with Gasteiger partial charge in [0.05, 0.1) is 10.2 Å². The van der Waals surface area contributed by atoms with Gasteiger partial charge >= 0.3 is 10.2 Å². The first-order chi connectivity index (χ1) is 9.03. The molecular weight excluding hydrogens is 332 g/mol. The number of rotatable bonds is 4. The minimum atomic E-state index is -3.51. The first-order valence-corrected chi connectivity index (χ1v) is 8.33. The maximum absolute atomic E-state index is 12.2. The zero-order chi connectivity index (χ0) is 13.9. The molecule has 0 amide bonds. The molecule has 0 unspecified atom stereocenters. The quantitative estimate of drug-likeness (QED) is 0.854. The Labute approximate surface area is 121 Å². The van der Waals surface area contributed by atoms with E-state index in [0.717, 1.165) is 12.8 Å². The van der Waals surface area contributed by atoms with Crippen LogP contribution in [0.25, 0.3) is 0 Å². The summed E-state index contributed by atoms with van der Waals surface area (Å²) in [5, 5.41) is 0. The lowest BCUT2D eigenvalue weighted by Gasteiger charge is -2.30. The molecular formula is C11H17BrN4O2S. The Morgan fingerprint density at radius 1 is 1.47 bits per heavy atom. The van der Waals surface area contributed by atoms with Crippen molar-refractivity contribution in [2.75, 3.05) is 24.4 Å². The zero-order valence-corrected chi connectivity index (χ0v) is 12.8. The first kappa shape index (κ1) is 14.7. The van der Waals surface area contributed by atoms with Gasteiger partial charge in [-0.1, -0.05) is 0 Å². The summed E-state index contributed by atoms with van der Waals surface area (Å²) in [7, 11) is -3.51. The molecule has 1 fully saturated rings. The number of aromatic nitrogens is 1. The predicted octanol–water partition coefficient (Wildman–Crippen LogP) is 1.17. The van der Waals surface area contributed by atoms with Gasteiger partial charge in [-0.15, -0.1) is 0 Å². The molecule has 2 rings (SSSR count). The molecule has 6 nitrogen and oxygen atoms in total. The number of halogens is 1. The highest BCUT2D eigenvalue weighted by atomic mass is 79.9. The van der Waals surface area contributed by atoms with Crippen LogP contribution in [0.3, 0.4) is 0 Å². The third kappa shape index (κ3) is 3.65. The Balaban J connectivity index is 2.05. The van der Waals surface area contributed by atoms with Crippen molar-refractivity contribution in [3.05, 3.63) is 22.9 Å². The summed E-state index contributed by atoms with van der Waals surface area (Å²) >= 11 is 3.27. The molecule has 1 aliphatic rings. The van der Waals surface area contributed by atoms with E-state index in [-0.39, 0.29) is 0 Å². The molecule has 0 atom stereocenters. The van der Waals surface area contributed by atoms with E-state index in [2.05, 4.69) is 25.6 Å². The van der Waals surface area contributed by atoms with Crippen molar-refractivity contribution < 1.29 is 8.42 Å². The van der Waals surface area contributed by atoms with Crippen LogP contribution in [0.2, 0.25) is 0 Å². The Kier molecular flexibility index (Phi) is 4.77. The molecule has 2 heterocycles. The van der Waals surface area contributed by atoms with E-state index in [9.17, 15) is 8.42 Å². The summed E-state index contributed by atoms with van der Waals surface area (Å²) < 4.78 is 29.1. The van der Waals surface area contributed by atoms with Gasteiger partial charge in [-0.05, 0) is 47.3 Å². The third-order valence-electron chi connectivity index (χ3n) is 3.26. The van der Waals surface area contributed by atoms with Crippen LogP contribution in [0, 0.1) is 5.92 Å².